The lowest BCUT2D eigenvalue weighted by atomic mass is 10.00. The zero-order valence-electron chi connectivity index (χ0n) is 10.9. The Morgan fingerprint density at radius 1 is 1.38 bits per heavy atom. The van der Waals surface area contributed by atoms with Crippen molar-refractivity contribution in [2.75, 3.05) is 20.3 Å². The molecule has 0 amide bonds. The molecule has 2 aliphatic rings. The molecule has 0 radical (unpaired) electrons. The monoisotopic (exact) mass is 225 g/mol. The van der Waals surface area contributed by atoms with Crippen LogP contribution in [0.15, 0.2) is 0 Å². The van der Waals surface area contributed by atoms with Crippen LogP contribution >= 0.6 is 0 Å². The Morgan fingerprint density at radius 3 is 2.62 bits per heavy atom. The predicted octanol–water partition coefficient (Wildman–Crippen LogP) is 2.97. The van der Waals surface area contributed by atoms with Gasteiger partial charge in [-0.25, -0.2) is 0 Å². The first-order chi connectivity index (χ1) is 7.80. The van der Waals surface area contributed by atoms with Crippen molar-refractivity contribution in [3.63, 3.8) is 0 Å². The zero-order valence-corrected chi connectivity index (χ0v) is 10.9. The Labute approximate surface area is 100 Å². The van der Waals surface area contributed by atoms with Crippen LogP contribution in [0.5, 0.6) is 0 Å². The molecule has 1 unspecified atom stereocenters. The van der Waals surface area contributed by atoms with E-state index in [1.165, 1.54) is 51.5 Å². The molecule has 2 heteroatoms. The minimum Gasteiger partial charge on any atom is -0.383 e. The molecule has 2 saturated carbocycles. The second-order valence-corrected chi connectivity index (χ2v) is 5.81. The van der Waals surface area contributed by atoms with Gasteiger partial charge in [0.2, 0.25) is 0 Å². The molecule has 2 fully saturated rings. The Bertz CT molecular complexity index is 209. The lowest BCUT2D eigenvalue weighted by Crippen LogP contribution is -2.37. The largest absolute Gasteiger partial charge is 0.383 e. The van der Waals surface area contributed by atoms with Gasteiger partial charge in [0.05, 0.1) is 6.61 Å². The second-order valence-electron chi connectivity index (χ2n) is 5.81. The molecule has 16 heavy (non-hydrogen) atoms. The molecule has 94 valence electrons. The number of unbranched alkanes of at least 4 members (excludes halogenated alkanes) is 1. The summed E-state index contributed by atoms with van der Waals surface area (Å²) >= 11 is 0. The summed E-state index contributed by atoms with van der Waals surface area (Å²) in [6, 6.07) is 0.584. The van der Waals surface area contributed by atoms with Crippen molar-refractivity contribution in [3.05, 3.63) is 0 Å². The van der Waals surface area contributed by atoms with Crippen molar-refractivity contribution in [1.29, 1.82) is 0 Å². The average Bonchev–Trinajstić information content (AvgIpc) is 3.15. The van der Waals surface area contributed by atoms with E-state index < -0.39 is 0 Å². The fraction of sp³-hybridized carbons (Fsp3) is 1.00. The fourth-order valence-electron chi connectivity index (χ4n) is 2.83. The van der Waals surface area contributed by atoms with Gasteiger partial charge in [-0.1, -0.05) is 19.8 Å². The molecule has 0 aliphatic heterocycles. The Hall–Kier alpha value is -0.0800. The molecule has 0 aromatic heterocycles. The normalized spacial score (nSPS) is 24.4. The SMILES string of the molecule is CCCCC(COC)NCC1(C2CC2)CC1. The molecule has 0 aromatic rings. The molecule has 2 nitrogen and oxygen atoms in total. The van der Waals surface area contributed by atoms with Gasteiger partial charge in [-0.2, -0.15) is 0 Å². The van der Waals surface area contributed by atoms with Gasteiger partial charge < -0.3 is 10.1 Å². The van der Waals surface area contributed by atoms with Crippen molar-refractivity contribution in [2.45, 2.75) is 57.9 Å². The van der Waals surface area contributed by atoms with E-state index in [1.54, 1.807) is 0 Å². The van der Waals surface area contributed by atoms with Crippen LogP contribution in [0.4, 0.5) is 0 Å². The summed E-state index contributed by atoms with van der Waals surface area (Å²) < 4.78 is 5.30. The third-order valence-electron chi connectivity index (χ3n) is 4.35. The standard InChI is InChI=1S/C14H27NO/c1-3-4-5-13(10-16-2)15-11-14(8-9-14)12-6-7-12/h12-13,15H,3-11H2,1-2H3. The van der Waals surface area contributed by atoms with E-state index in [-0.39, 0.29) is 0 Å². The summed E-state index contributed by atoms with van der Waals surface area (Å²) in [5.41, 5.74) is 0.720. The van der Waals surface area contributed by atoms with E-state index in [1.807, 2.05) is 7.11 Å². The maximum Gasteiger partial charge on any atom is 0.0615 e. The summed E-state index contributed by atoms with van der Waals surface area (Å²) in [4.78, 5) is 0. The maximum absolute atomic E-state index is 5.30. The van der Waals surface area contributed by atoms with Crippen molar-refractivity contribution < 1.29 is 4.74 Å². The Kier molecular flexibility index (Phi) is 4.26. The number of ether oxygens (including phenoxy) is 1. The van der Waals surface area contributed by atoms with Gasteiger partial charge >= 0.3 is 0 Å². The van der Waals surface area contributed by atoms with Crippen LogP contribution in [0.1, 0.15) is 51.9 Å². The van der Waals surface area contributed by atoms with Gasteiger partial charge in [-0.15, -0.1) is 0 Å². The fourth-order valence-corrected chi connectivity index (χ4v) is 2.83. The van der Waals surface area contributed by atoms with E-state index in [0.717, 1.165) is 17.9 Å². The molecule has 2 aliphatic carbocycles. The van der Waals surface area contributed by atoms with Gasteiger partial charge in [-0.05, 0) is 43.4 Å². The van der Waals surface area contributed by atoms with Gasteiger partial charge in [0.1, 0.15) is 0 Å². The third-order valence-corrected chi connectivity index (χ3v) is 4.35. The minimum absolute atomic E-state index is 0.584. The number of hydrogen-bond acceptors (Lipinski definition) is 2. The number of methoxy groups -OCH3 is 1. The molecule has 1 N–H and O–H groups in total. The summed E-state index contributed by atoms with van der Waals surface area (Å²) in [7, 11) is 1.81. The molecule has 0 saturated heterocycles. The smallest absolute Gasteiger partial charge is 0.0615 e. The van der Waals surface area contributed by atoms with Crippen LogP contribution in [-0.2, 0) is 4.74 Å². The van der Waals surface area contributed by atoms with E-state index >= 15 is 0 Å². The van der Waals surface area contributed by atoms with E-state index in [0.29, 0.717) is 6.04 Å². The lowest BCUT2D eigenvalue weighted by Gasteiger charge is -2.22. The predicted molar refractivity (Wildman–Crippen MR) is 67.6 cm³/mol. The molecule has 0 bridgehead atoms. The number of nitrogens with one attached hydrogen (secondary N) is 1. The quantitative estimate of drug-likeness (QED) is 0.651. The third kappa shape index (κ3) is 3.21. The number of rotatable bonds is 9. The molecule has 1 atom stereocenters. The molecule has 2 rings (SSSR count). The molecule has 0 heterocycles. The first-order valence-corrected chi connectivity index (χ1v) is 7.03. The Morgan fingerprint density at radius 2 is 2.12 bits per heavy atom. The van der Waals surface area contributed by atoms with Crippen LogP contribution < -0.4 is 5.32 Å². The highest BCUT2D eigenvalue weighted by atomic mass is 16.5. The molecule has 0 spiro atoms. The highest BCUT2D eigenvalue weighted by Gasteiger charge is 2.53. The van der Waals surface area contributed by atoms with Crippen LogP contribution in [0.25, 0.3) is 0 Å². The second kappa shape index (κ2) is 5.50. The Balaban J connectivity index is 1.68. The molecular weight excluding hydrogens is 198 g/mol. The minimum atomic E-state index is 0.584. The summed E-state index contributed by atoms with van der Waals surface area (Å²) in [5, 5.41) is 3.75. The highest BCUT2D eigenvalue weighted by Crippen LogP contribution is 2.60. The van der Waals surface area contributed by atoms with Crippen molar-refractivity contribution in [2.24, 2.45) is 11.3 Å². The summed E-state index contributed by atoms with van der Waals surface area (Å²) in [6.07, 6.45) is 9.80. The van der Waals surface area contributed by atoms with Crippen LogP contribution in [0, 0.1) is 11.3 Å². The molecular formula is C14H27NO. The van der Waals surface area contributed by atoms with Crippen molar-refractivity contribution in [3.8, 4) is 0 Å². The first kappa shape index (κ1) is 12.4. The van der Waals surface area contributed by atoms with Crippen LogP contribution in [0.3, 0.4) is 0 Å². The van der Waals surface area contributed by atoms with Gasteiger partial charge in [0.15, 0.2) is 0 Å². The first-order valence-electron chi connectivity index (χ1n) is 7.03. The van der Waals surface area contributed by atoms with Gasteiger partial charge in [-0.3, -0.25) is 0 Å². The highest BCUT2D eigenvalue weighted by molar-refractivity contribution is 5.05. The van der Waals surface area contributed by atoms with E-state index in [2.05, 4.69) is 12.2 Å². The zero-order chi connectivity index (χ0) is 11.4. The van der Waals surface area contributed by atoms with Crippen LogP contribution in [-0.4, -0.2) is 26.3 Å². The summed E-state index contributed by atoms with van der Waals surface area (Å²) in [5.74, 6) is 1.06. The van der Waals surface area contributed by atoms with Gasteiger partial charge in [0, 0.05) is 19.7 Å². The van der Waals surface area contributed by atoms with Gasteiger partial charge in [0.25, 0.3) is 0 Å². The average molecular weight is 225 g/mol. The van der Waals surface area contributed by atoms with Crippen molar-refractivity contribution >= 4 is 0 Å². The lowest BCUT2D eigenvalue weighted by molar-refractivity contribution is 0.156. The molecule has 0 aromatic carbocycles. The van der Waals surface area contributed by atoms with Crippen molar-refractivity contribution in [1.82, 2.24) is 5.32 Å². The maximum atomic E-state index is 5.30. The number of hydrogen-bond donors (Lipinski definition) is 1. The van der Waals surface area contributed by atoms with Crippen LogP contribution in [0.2, 0.25) is 0 Å². The topological polar surface area (TPSA) is 21.3 Å². The van der Waals surface area contributed by atoms with E-state index in [4.69, 9.17) is 4.74 Å². The summed E-state index contributed by atoms with van der Waals surface area (Å²) in [6.45, 7) is 4.38. The van der Waals surface area contributed by atoms with E-state index in [9.17, 15) is 0 Å².